The molecular formula is C21H39N7O2. The van der Waals surface area contributed by atoms with Crippen molar-refractivity contribution in [2.24, 2.45) is 0 Å². The Morgan fingerprint density at radius 2 is 1.87 bits per heavy atom. The summed E-state index contributed by atoms with van der Waals surface area (Å²) in [4.78, 5) is 13.7. The molecule has 9 nitrogen and oxygen atoms in total. The molecule has 5 N–H and O–H groups in total. The average Bonchev–Trinajstić information content (AvgIpc) is 2.77. The lowest BCUT2D eigenvalue weighted by Gasteiger charge is -2.35. The second-order valence-corrected chi connectivity index (χ2v) is 8.21. The normalized spacial score (nSPS) is 18.6. The van der Waals surface area contributed by atoms with E-state index in [-0.39, 0.29) is 6.61 Å². The number of nitrogens with zero attached hydrogens (tertiary/aromatic N) is 4. The van der Waals surface area contributed by atoms with Gasteiger partial charge in [-0.1, -0.05) is 19.3 Å². The Morgan fingerprint density at radius 3 is 2.63 bits per heavy atom. The third kappa shape index (κ3) is 7.86. The Labute approximate surface area is 180 Å². The average molecular weight is 422 g/mol. The molecule has 0 bridgehead atoms. The molecule has 1 saturated heterocycles. The predicted molar refractivity (Wildman–Crippen MR) is 121 cm³/mol. The zero-order valence-electron chi connectivity index (χ0n) is 18.2. The van der Waals surface area contributed by atoms with Crippen LogP contribution in [-0.2, 0) is 4.74 Å². The Kier molecular flexibility index (Phi) is 9.88. The molecule has 2 heterocycles. The van der Waals surface area contributed by atoms with Gasteiger partial charge in [-0.3, -0.25) is 4.90 Å². The van der Waals surface area contributed by atoms with E-state index in [9.17, 15) is 0 Å². The Bertz CT molecular complexity index is 605. The standard InChI is InChI=1S/C21H39N7O2/c22-19-17-20(28-11-9-27(10-12-28)13-15-30-16-14-29)26-21(25-19)24-8-4-7-23-18-5-2-1-3-6-18/h17-18,23,29H,1-16H2,(H3,22,24,25,26). The number of aliphatic hydroxyl groups excluding tert-OH is 1. The number of aromatic nitrogens is 2. The lowest BCUT2D eigenvalue weighted by atomic mass is 9.95. The van der Waals surface area contributed by atoms with Gasteiger partial charge in [-0.2, -0.15) is 9.97 Å². The first kappa shape index (κ1) is 23.0. The molecule has 0 aromatic carbocycles. The van der Waals surface area contributed by atoms with Gasteiger partial charge < -0.3 is 31.1 Å². The van der Waals surface area contributed by atoms with Crippen LogP contribution < -0.4 is 21.3 Å². The van der Waals surface area contributed by atoms with Crippen LogP contribution in [0.15, 0.2) is 6.07 Å². The van der Waals surface area contributed by atoms with Gasteiger partial charge in [-0.25, -0.2) is 0 Å². The lowest BCUT2D eigenvalue weighted by molar-refractivity contribution is 0.0724. The molecule has 2 fully saturated rings. The molecule has 9 heteroatoms. The molecule has 2 aliphatic rings. The summed E-state index contributed by atoms with van der Waals surface area (Å²) < 4.78 is 5.36. The number of nitrogens with two attached hydrogens (primary N) is 1. The van der Waals surface area contributed by atoms with E-state index in [2.05, 4.69) is 30.4 Å². The van der Waals surface area contributed by atoms with Gasteiger partial charge in [0.05, 0.1) is 19.8 Å². The summed E-state index contributed by atoms with van der Waals surface area (Å²) in [6.45, 7) is 7.63. The van der Waals surface area contributed by atoms with Crippen LogP contribution in [0.25, 0.3) is 0 Å². The predicted octanol–water partition coefficient (Wildman–Crippen LogP) is 0.914. The van der Waals surface area contributed by atoms with Crippen LogP contribution in [0.1, 0.15) is 38.5 Å². The summed E-state index contributed by atoms with van der Waals surface area (Å²) in [6.07, 6.45) is 7.79. The molecule has 3 rings (SSSR count). The minimum Gasteiger partial charge on any atom is -0.394 e. The number of hydrogen-bond donors (Lipinski definition) is 4. The number of hydrogen-bond acceptors (Lipinski definition) is 9. The van der Waals surface area contributed by atoms with Crippen LogP contribution in [0.4, 0.5) is 17.6 Å². The monoisotopic (exact) mass is 421 g/mol. The van der Waals surface area contributed by atoms with Crippen LogP contribution in [0, 0.1) is 0 Å². The van der Waals surface area contributed by atoms with Crippen LogP contribution >= 0.6 is 0 Å². The van der Waals surface area contributed by atoms with Crippen molar-refractivity contribution in [3.05, 3.63) is 6.07 Å². The minimum absolute atomic E-state index is 0.0797. The Hall–Kier alpha value is -1.68. The maximum absolute atomic E-state index is 8.77. The fraction of sp³-hybridized carbons (Fsp3) is 0.810. The number of rotatable bonds is 12. The van der Waals surface area contributed by atoms with E-state index in [4.69, 9.17) is 15.6 Å². The number of aliphatic hydroxyl groups is 1. The summed E-state index contributed by atoms with van der Waals surface area (Å²) in [6, 6.07) is 2.56. The lowest BCUT2D eigenvalue weighted by Crippen LogP contribution is -2.47. The second-order valence-electron chi connectivity index (χ2n) is 8.21. The molecule has 0 atom stereocenters. The van der Waals surface area contributed by atoms with Crippen LogP contribution in [0.3, 0.4) is 0 Å². The van der Waals surface area contributed by atoms with Crippen molar-refractivity contribution in [1.82, 2.24) is 20.2 Å². The summed E-state index contributed by atoms with van der Waals surface area (Å²) >= 11 is 0. The molecule has 0 amide bonds. The molecule has 1 aromatic heterocycles. The zero-order valence-corrected chi connectivity index (χ0v) is 18.2. The summed E-state index contributed by atoms with van der Waals surface area (Å²) in [7, 11) is 0. The maximum atomic E-state index is 8.77. The molecule has 0 radical (unpaired) electrons. The van der Waals surface area contributed by atoms with E-state index in [0.29, 0.717) is 31.0 Å². The van der Waals surface area contributed by atoms with E-state index in [1.54, 1.807) is 0 Å². The van der Waals surface area contributed by atoms with E-state index in [0.717, 1.165) is 58.1 Å². The number of anilines is 3. The highest BCUT2D eigenvalue weighted by Crippen LogP contribution is 2.19. The van der Waals surface area contributed by atoms with E-state index < -0.39 is 0 Å². The van der Waals surface area contributed by atoms with Crippen molar-refractivity contribution < 1.29 is 9.84 Å². The Morgan fingerprint density at radius 1 is 1.07 bits per heavy atom. The second kappa shape index (κ2) is 12.9. The van der Waals surface area contributed by atoms with Gasteiger partial charge in [0.2, 0.25) is 5.95 Å². The Balaban J connectivity index is 1.37. The van der Waals surface area contributed by atoms with E-state index >= 15 is 0 Å². The van der Waals surface area contributed by atoms with E-state index in [1.807, 2.05) is 6.07 Å². The number of nitrogen functional groups attached to an aromatic ring is 1. The molecule has 1 aliphatic heterocycles. The fourth-order valence-corrected chi connectivity index (χ4v) is 4.16. The highest BCUT2D eigenvalue weighted by Gasteiger charge is 2.19. The van der Waals surface area contributed by atoms with Crippen LogP contribution in [0.5, 0.6) is 0 Å². The first-order chi connectivity index (χ1) is 14.7. The van der Waals surface area contributed by atoms with Gasteiger partial charge in [-0.05, 0) is 25.8 Å². The van der Waals surface area contributed by atoms with E-state index in [1.165, 1.54) is 32.1 Å². The minimum atomic E-state index is 0.0797. The molecular weight excluding hydrogens is 382 g/mol. The summed E-state index contributed by atoms with van der Waals surface area (Å²) in [5.74, 6) is 2.01. The summed E-state index contributed by atoms with van der Waals surface area (Å²) in [5.41, 5.74) is 6.04. The van der Waals surface area contributed by atoms with Crippen molar-refractivity contribution in [3.8, 4) is 0 Å². The maximum Gasteiger partial charge on any atom is 0.226 e. The van der Waals surface area contributed by atoms with Gasteiger partial charge in [0.25, 0.3) is 0 Å². The van der Waals surface area contributed by atoms with Gasteiger partial charge in [0, 0.05) is 51.4 Å². The third-order valence-electron chi connectivity index (χ3n) is 5.89. The number of nitrogens with one attached hydrogen (secondary N) is 2. The van der Waals surface area contributed by atoms with Crippen molar-refractivity contribution in [3.63, 3.8) is 0 Å². The van der Waals surface area contributed by atoms with Crippen LogP contribution in [-0.4, -0.2) is 91.7 Å². The first-order valence-corrected chi connectivity index (χ1v) is 11.5. The van der Waals surface area contributed by atoms with Crippen molar-refractivity contribution in [1.29, 1.82) is 0 Å². The fourth-order valence-electron chi connectivity index (χ4n) is 4.16. The van der Waals surface area contributed by atoms with Gasteiger partial charge in [-0.15, -0.1) is 0 Å². The largest absolute Gasteiger partial charge is 0.394 e. The van der Waals surface area contributed by atoms with Crippen molar-refractivity contribution in [2.75, 3.05) is 81.6 Å². The molecule has 1 aromatic rings. The van der Waals surface area contributed by atoms with Crippen LogP contribution in [0.2, 0.25) is 0 Å². The van der Waals surface area contributed by atoms with Gasteiger partial charge >= 0.3 is 0 Å². The molecule has 1 saturated carbocycles. The molecule has 1 aliphatic carbocycles. The third-order valence-corrected chi connectivity index (χ3v) is 5.89. The topological polar surface area (TPSA) is 112 Å². The van der Waals surface area contributed by atoms with Crippen molar-refractivity contribution >= 4 is 17.6 Å². The molecule has 0 spiro atoms. The first-order valence-electron chi connectivity index (χ1n) is 11.5. The molecule has 0 unspecified atom stereocenters. The summed E-state index contributed by atoms with van der Waals surface area (Å²) in [5, 5.41) is 15.8. The number of piperazine rings is 1. The van der Waals surface area contributed by atoms with Crippen molar-refractivity contribution in [2.45, 2.75) is 44.6 Å². The molecule has 170 valence electrons. The quantitative estimate of drug-likeness (QED) is 0.366. The van der Waals surface area contributed by atoms with Gasteiger partial charge in [0.1, 0.15) is 11.6 Å². The highest BCUT2D eigenvalue weighted by atomic mass is 16.5. The highest BCUT2D eigenvalue weighted by molar-refractivity contribution is 5.51. The van der Waals surface area contributed by atoms with Gasteiger partial charge in [0.15, 0.2) is 0 Å². The zero-order chi connectivity index (χ0) is 21.0. The smallest absolute Gasteiger partial charge is 0.226 e. The SMILES string of the molecule is Nc1cc(N2CCN(CCOCCO)CC2)nc(NCCCNC2CCCCC2)n1. The molecule has 30 heavy (non-hydrogen) atoms. The number of ether oxygens (including phenoxy) is 1.